The van der Waals surface area contributed by atoms with Crippen LogP contribution in [0.1, 0.15) is 0 Å². The van der Waals surface area contributed by atoms with Crippen LogP contribution in [0.3, 0.4) is 0 Å². The molecule has 0 amide bonds. The summed E-state index contributed by atoms with van der Waals surface area (Å²) in [6, 6.07) is 20.1. The molecule has 0 aliphatic heterocycles. The summed E-state index contributed by atoms with van der Waals surface area (Å²) in [6.07, 6.45) is 0. The van der Waals surface area contributed by atoms with E-state index in [0.717, 1.165) is 0 Å². The van der Waals surface area contributed by atoms with E-state index in [9.17, 15) is 13.3 Å². The molecule has 0 atom stereocenters. The predicted molar refractivity (Wildman–Crippen MR) is 85.8 cm³/mol. The van der Waals surface area contributed by atoms with E-state index < -0.39 is 18.8 Å². The summed E-state index contributed by atoms with van der Waals surface area (Å²) >= 11 is 0. The van der Waals surface area contributed by atoms with E-state index in [2.05, 4.69) is 0 Å². The summed E-state index contributed by atoms with van der Waals surface area (Å²) in [5, 5.41) is 0.447. The van der Waals surface area contributed by atoms with Crippen LogP contribution >= 0.6 is 7.14 Å². The van der Waals surface area contributed by atoms with Gasteiger partial charge in [-0.05, 0) is 24.3 Å². The van der Waals surface area contributed by atoms with Crippen LogP contribution < -0.4 is 15.9 Å². The Balaban J connectivity index is 2.37. The van der Waals surface area contributed by atoms with Crippen LogP contribution in [0.2, 0.25) is 0 Å². The summed E-state index contributed by atoms with van der Waals surface area (Å²) in [7, 11) is -3.60. The largest absolute Gasteiger partial charge is 0.308 e. The lowest BCUT2D eigenvalue weighted by atomic mass is 10.3. The Bertz CT molecular complexity index is 797. The maximum Gasteiger partial charge on any atom is 0.176 e. The molecule has 0 bridgehead atoms. The third kappa shape index (κ3) is 2.38. The Morgan fingerprint density at radius 3 is 1.45 bits per heavy atom. The zero-order chi connectivity index (χ0) is 15.6. The number of rotatable bonds is 3. The van der Waals surface area contributed by atoms with Gasteiger partial charge in [0.2, 0.25) is 0 Å². The summed E-state index contributed by atoms with van der Waals surface area (Å²) in [6.45, 7) is 0. The number of benzene rings is 3. The molecule has 0 aliphatic carbocycles. The lowest BCUT2D eigenvalue weighted by molar-refractivity contribution is 0.585. The smallest absolute Gasteiger partial charge is 0.176 e. The molecule has 3 aromatic carbocycles. The summed E-state index contributed by atoms with van der Waals surface area (Å²) < 4.78 is 42.4. The van der Waals surface area contributed by atoms with Gasteiger partial charge < -0.3 is 4.57 Å². The molecule has 0 unspecified atom stereocenters. The minimum Gasteiger partial charge on any atom is -0.308 e. The summed E-state index contributed by atoms with van der Waals surface area (Å²) in [5.74, 6) is -1.20. The van der Waals surface area contributed by atoms with Gasteiger partial charge in [0.1, 0.15) is 11.6 Å². The van der Waals surface area contributed by atoms with Gasteiger partial charge in [-0.1, -0.05) is 54.6 Å². The normalized spacial score (nSPS) is 11.4. The minimum absolute atomic E-state index is 0.0197. The quantitative estimate of drug-likeness (QED) is 0.675. The molecule has 0 aromatic heterocycles. The molecule has 4 heteroatoms. The molecule has 22 heavy (non-hydrogen) atoms. The lowest BCUT2D eigenvalue weighted by Crippen LogP contribution is -2.28. The fraction of sp³-hybridized carbons (Fsp3) is 0. The standard InChI is InChI=1S/C18H13F2OP/c19-15-10-4-6-12-17(15)22(21,14-8-2-1-3-9-14)18-13-7-5-11-16(18)20/h1-13H. The zero-order valence-electron chi connectivity index (χ0n) is 11.6. The van der Waals surface area contributed by atoms with Gasteiger partial charge in [0.25, 0.3) is 0 Å². The van der Waals surface area contributed by atoms with E-state index in [1.807, 2.05) is 0 Å². The highest BCUT2D eigenvalue weighted by Crippen LogP contribution is 2.43. The van der Waals surface area contributed by atoms with Crippen molar-refractivity contribution in [1.29, 1.82) is 0 Å². The van der Waals surface area contributed by atoms with Crippen LogP contribution in [0, 0.1) is 11.6 Å². The van der Waals surface area contributed by atoms with Gasteiger partial charge in [0.05, 0.1) is 10.6 Å². The molecule has 110 valence electrons. The van der Waals surface area contributed by atoms with Crippen molar-refractivity contribution in [2.24, 2.45) is 0 Å². The molecule has 0 spiro atoms. The van der Waals surface area contributed by atoms with Crippen LogP contribution in [-0.4, -0.2) is 0 Å². The monoisotopic (exact) mass is 314 g/mol. The van der Waals surface area contributed by atoms with Gasteiger partial charge in [-0.3, -0.25) is 0 Å². The zero-order valence-corrected chi connectivity index (χ0v) is 12.5. The molecular formula is C18H13F2OP. The van der Waals surface area contributed by atoms with Crippen molar-refractivity contribution in [3.63, 3.8) is 0 Å². The van der Waals surface area contributed by atoms with Crippen LogP contribution in [0.25, 0.3) is 0 Å². The fourth-order valence-corrected chi connectivity index (χ4v) is 5.21. The first-order chi connectivity index (χ1) is 10.6. The third-order valence-corrected chi connectivity index (χ3v) is 6.61. The second-order valence-electron chi connectivity index (χ2n) is 4.85. The van der Waals surface area contributed by atoms with Crippen molar-refractivity contribution in [3.8, 4) is 0 Å². The Kier molecular flexibility index (Phi) is 3.91. The first-order valence-electron chi connectivity index (χ1n) is 6.80. The Hall–Kier alpha value is -2.25. The van der Waals surface area contributed by atoms with Gasteiger partial charge in [0.15, 0.2) is 7.14 Å². The van der Waals surface area contributed by atoms with Crippen LogP contribution in [-0.2, 0) is 4.57 Å². The highest BCUT2D eigenvalue weighted by atomic mass is 31.2. The van der Waals surface area contributed by atoms with E-state index in [-0.39, 0.29) is 10.6 Å². The Labute approximate surface area is 127 Å². The fourth-order valence-electron chi connectivity index (χ4n) is 2.46. The number of halogens is 2. The highest BCUT2D eigenvalue weighted by Gasteiger charge is 2.34. The topological polar surface area (TPSA) is 17.1 Å². The van der Waals surface area contributed by atoms with Crippen LogP contribution in [0.15, 0.2) is 78.9 Å². The second-order valence-corrected chi connectivity index (χ2v) is 7.55. The molecule has 1 nitrogen and oxygen atoms in total. The van der Waals surface area contributed by atoms with E-state index in [1.54, 1.807) is 42.5 Å². The van der Waals surface area contributed by atoms with Crippen molar-refractivity contribution in [1.82, 2.24) is 0 Å². The first-order valence-corrected chi connectivity index (χ1v) is 8.50. The maximum atomic E-state index is 14.3. The van der Waals surface area contributed by atoms with Gasteiger partial charge >= 0.3 is 0 Å². The second kappa shape index (κ2) is 5.86. The van der Waals surface area contributed by atoms with E-state index in [4.69, 9.17) is 0 Å². The molecule has 0 fully saturated rings. The Morgan fingerprint density at radius 1 is 0.591 bits per heavy atom. The van der Waals surface area contributed by atoms with E-state index in [1.165, 1.54) is 36.4 Å². The van der Waals surface area contributed by atoms with Crippen molar-refractivity contribution < 1.29 is 13.3 Å². The molecule has 0 saturated carbocycles. The summed E-state index contributed by atoms with van der Waals surface area (Å²) in [4.78, 5) is 0. The number of hydrogen-bond donors (Lipinski definition) is 0. The molecule has 0 N–H and O–H groups in total. The molecule has 3 rings (SSSR count). The third-order valence-electron chi connectivity index (χ3n) is 3.50. The average Bonchev–Trinajstić information content (AvgIpc) is 2.56. The predicted octanol–water partition coefficient (Wildman–Crippen LogP) is 3.60. The molecule has 0 saturated heterocycles. The minimum atomic E-state index is -3.60. The highest BCUT2D eigenvalue weighted by molar-refractivity contribution is 7.85. The van der Waals surface area contributed by atoms with Crippen LogP contribution in [0.4, 0.5) is 8.78 Å². The number of hydrogen-bond acceptors (Lipinski definition) is 1. The molecular weight excluding hydrogens is 301 g/mol. The van der Waals surface area contributed by atoms with E-state index >= 15 is 0 Å². The first kappa shape index (κ1) is 14.7. The van der Waals surface area contributed by atoms with Gasteiger partial charge in [-0.25, -0.2) is 8.78 Å². The van der Waals surface area contributed by atoms with Crippen molar-refractivity contribution in [2.75, 3.05) is 0 Å². The average molecular weight is 314 g/mol. The van der Waals surface area contributed by atoms with E-state index in [0.29, 0.717) is 5.30 Å². The molecule has 0 radical (unpaired) electrons. The molecule has 0 aliphatic rings. The van der Waals surface area contributed by atoms with Crippen molar-refractivity contribution >= 4 is 23.1 Å². The SMILES string of the molecule is O=P(c1ccccc1)(c1ccccc1F)c1ccccc1F. The Morgan fingerprint density at radius 2 is 1.00 bits per heavy atom. The lowest BCUT2D eigenvalue weighted by Gasteiger charge is -2.20. The van der Waals surface area contributed by atoms with Gasteiger partial charge in [-0.2, -0.15) is 0 Å². The molecule has 3 aromatic rings. The van der Waals surface area contributed by atoms with Gasteiger partial charge in [0, 0.05) is 5.30 Å². The van der Waals surface area contributed by atoms with Gasteiger partial charge in [-0.15, -0.1) is 0 Å². The van der Waals surface area contributed by atoms with Crippen LogP contribution in [0.5, 0.6) is 0 Å². The molecule has 0 heterocycles. The summed E-state index contributed by atoms with van der Waals surface area (Å²) in [5.41, 5.74) is 0. The maximum absolute atomic E-state index is 14.3. The van der Waals surface area contributed by atoms with Crippen molar-refractivity contribution in [2.45, 2.75) is 0 Å². The van der Waals surface area contributed by atoms with Crippen molar-refractivity contribution in [3.05, 3.63) is 90.5 Å².